The molecule has 7 nitrogen and oxygen atoms in total. The van der Waals surface area contributed by atoms with E-state index in [2.05, 4.69) is 12.4 Å². The number of carbonyl (C=O) groups is 2. The van der Waals surface area contributed by atoms with Gasteiger partial charge in [0.15, 0.2) is 6.54 Å². The molecule has 0 bridgehead atoms. The Morgan fingerprint density at radius 3 is 2.83 bits per heavy atom. The topological polar surface area (TPSA) is 81.6 Å². The lowest BCUT2D eigenvalue weighted by molar-refractivity contribution is -0.895. The summed E-state index contributed by atoms with van der Waals surface area (Å²) in [6, 6.07) is -0.317. The predicted octanol–water partition coefficient (Wildman–Crippen LogP) is -2.73. The third-order valence-electron chi connectivity index (χ3n) is 3.60. The molecule has 98 valence electrons. The van der Waals surface area contributed by atoms with E-state index in [1.54, 1.807) is 0 Å². The molecule has 0 saturated carbocycles. The van der Waals surface area contributed by atoms with Gasteiger partial charge in [0.05, 0.1) is 6.61 Å². The van der Waals surface area contributed by atoms with Crippen LogP contribution in [0, 0.1) is 7.05 Å². The maximum absolute atomic E-state index is 12.3. The molecule has 0 aromatic heterocycles. The van der Waals surface area contributed by atoms with E-state index in [1.165, 1.54) is 0 Å². The lowest BCUT2D eigenvalue weighted by atomic mass is 9.84. The van der Waals surface area contributed by atoms with Crippen molar-refractivity contribution in [1.29, 1.82) is 0 Å². The van der Waals surface area contributed by atoms with E-state index in [0.717, 1.165) is 6.42 Å². The first-order chi connectivity index (χ1) is 8.62. The summed E-state index contributed by atoms with van der Waals surface area (Å²) in [5, 5.41) is 3.12. The molecule has 3 aliphatic rings. The molecule has 0 aromatic carbocycles. The highest BCUT2D eigenvalue weighted by atomic mass is 16.7. The molecule has 0 radical (unpaired) electrons. The Morgan fingerprint density at radius 2 is 2.22 bits per heavy atom. The average Bonchev–Trinajstić information content (AvgIpc) is 3.03. The fourth-order valence-electron chi connectivity index (χ4n) is 2.46. The van der Waals surface area contributed by atoms with Crippen LogP contribution in [0.4, 0.5) is 0 Å². The molecule has 0 aliphatic carbocycles. The standard InChI is InChI=1S/C10H15BN2O5/c1-13-5-8(14)17-11(7-6-16-7)18-9(15)10(13)3-2-4-12-10/h7,12-13H,1-6H2/t7?,10-/m0/s1. The second-order valence-corrected chi connectivity index (χ2v) is 4.85. The Bertz CT molecular complexity index is 380. The van der Waals surface area contributed by atoms with Gasteiger partial charge in [-0.15, -0.1) is 7.05 Å². The van der Waals surface area contributed by atoms with Crippen LogP contribution in [-0.4, -0.2) is 50.4 Å². The molecule has 3 atom stereocenters. The van der Waals surface area contributed by atoms with Gasteiger partial charge in [0, 0.05) is 13.0 Å². The minimum Gasteiger partial charge on any atom is -0.493 e. The quantitative estimate of drug-likeness (QED) is 0.300. The van der Waals surface area contributed by atoms with E-state index in [9.17, 15) is 9.59 Å². The van der Waals surface area contributed by atoms with Gasteiger partial charge in [-0.2, -0.15) is 0 Å². The van der Waals surface area contributed by atoms with Gasteiger partial charge in [-0.25, -0.2) is 9.59 Å². The molecule has 3 fully saturated rings. The Balaban J connectivity index is 1.84. The van der Waals surface area contributed by atoms with E-state index >= 15 is 0 Å². The normalized spacial score (nSPS) is 40.2. The molecule has 0 aromatic rings. The van der Waals surface area contributed by atoms with Gasteiger partial charge in [-0.1, -0.05) is 0 Å². The van der Waals surface area contributed by atoms with Crippen LogP contribution in [0.25, 0.3) is 0 Å². The summed E-state index contributed by atoms with van der Waals surface area (Å²) in [6.45, 7) is 1.20. The molecule has 2 unspecified atom stereocenters. The van der Waals surface area contributed by atoms with Crippen LogP contribution in [0.5, 0.6) is 0 Å². The number of ether oxygens (including phenoxy) is 1. The van der Waals surface area contributed by atoms with Crippen molar-refractivity contribution < 1.29 is 28.5 Å². The Kier molecular flexibility index (Phi) is 2.80. The molecule has 2 N–H and O–H groups in total. The summed E-state index contributed by atoms with van der Waals surface area (Å²) < 4.78 is 15.3. The Labute approximate surface area is 105 Å². The largest absolute Gasteiger partial charge is 0.632 e. The van der Waals surface area contributed by atoms with Gasteiger partial charge in [0.2, 0.25) is 5.66 Å². The number of carbonyl (C=O) groups excluding carboxylic acids is 2. The monoisotopic (exact) mass is 254 g/mol. The number of nitrogens with one attached hydrogen (secondary N) is 2. The summed E-state index contributed by atoms with van der Waals surface area (Å²) in [5.41, 5.74) is -0.924. The molecule has 3 saturated heterocycles. The highest BCUT2D eigenvalue weighted by Crippen LogP contribution is 2.21. The van der Waals surface area contributed by atoms with Crippen molar-refractivity contribution in [3.63, 3.8) is 0 Å². The van der Waals surface area contributed by atoms with E-state index in [0.29, 0.717) is 24.5 Å². The zero-order valence-corrected chi connectivity index (χ0v) is 9.94. The fraction of sp³-hybridized carbons (Fsp3) is 0.700. The van der Waals surface area contributed by atoms with Crippen LogP contribution in [0.15, 0.2) is 0 Å². The molecule has 3 heterocycles. The Hall–Kier alpha value is -1.12. The average molecular weight is 254 g/mol. The maximum Gasteiger partial charge on any atom is 0.632 e. The number of rotatable bonds is 1. The smallest absolute Gasteiger partial charge is 0.493 e. The molecule has 3 rings (SSSR count). The van der Waals surface area contributed by atoms with Crippen LogP contribution in [0.3, 0.4) is 0 Å². The minimum absolute atomic E-state index is 0.0331. The van der Waals surface area contributed by atoms with E-state index in [-0.39, 0.29) is 12.5 Å². The zero-order valence-electron chi connectivity index (χ0n) is 9.94. The molecule has 3 aliphatic heterocycles. The molecule has 8 heteroatoms. The van der Waals surface area contributed by atoms with E-state index in [4.69, 9.17) is 14.0 Å². The lowest BCUT2D eigenvalue weighted by Crippen LogP contribution is -3.20. The molecule has 18 heavy (non-hydrogen) atoms. The van der Waals surface area contributed by atoms with Gasteiger partial charge >= 0.3 is 19.1 Å². The highest BCUT2D eigenvalue weighted by molar-refractivity contribution is 6.51. The lowest BCUT2D eigenvalue weighted by Gasteiger charge is -2.39. The van der Waals surface area contributed by atoms with Gasteiger partial charge in [0.1, 0.15) is 6.00 Å². The molecular formula is C10H15BN2O5. The second-order valence-electron chi connectivity index (χ2n) is 4.85. The van der Waals surface area contributed by atoms with Crippen molar-refractivity contribution in [1.82, 2.24) is 5.32 Å². The van der Waals surface area contributed by atoms with Crippen molar-refractivity contribution in [2.45, 2.75) is 24.5 Å². The van der Waals surface area contributed by atoms with Crippen LogP contribution in [0.2, 0.25) is 0 Å². The number of hydrogen-bond acceptors (Lipinski definition) is 6. The molecule has 1 spiro atoms. The van der Waals surface area contributed by atoms with Gasteiger partial charge in [-0.3, -0.25) is 5.32 Å². The maximum atomic E-state index is 12.3. The van der Waals surface area contributed by atoms with Crippen molar-refractivity contribution >= 4 is 19.1 Å². The first kappa shape index (κ1) is 11.9. The van der Waals surface area contributed by atoms with E-state index in [1.807, 2.05) is 0 Å². The third-order valence-corrected chi connectivity index (χ3v) is 3.60. The second kappa shape index (κ2) is 4.22. The van der Waals surface area contributed by atoms with Crippen LogP contribution in [0.1, 0.15) is 12.8 Å². The van der Waals surface area contributed by atoms with Crippen LogP contribution in [-0.2, 0) is 23.6 Å². The number of quaternary nitrogens is 1. The zero-order chi connectivity index (χ0) is 12.8. The van der Waals surface area contributed by atoms with Crippen molar-refractivity contribution in [3.05, 3.63) is 7.05 Å². The first-order valence-corrected chi connectivity index (χ1v) is 6.07. The molecular weight excluding hydrogens is 239 g/mol. The fourth-order valence-corrected chi connectivity index (χ4v) is 2.46. The summed E-state index contributed by atoms with van der Waals surface area (Å²) in [6.07, 6.45) is 1.46. The number of hydrogen-bond donors (Lipinski definition) is 2. The summed E-state index contributed by atoms with van der Waals surface area (Å²) >= 11 is 0. The van der Waals surface area contributed by atoms with E-state index < -0.39 is 24.7 Å². The summed E-state index contributed by atoms with van der Waals surface area (Å²) in [4.78, 5) is 24.5. The minimum atomic E-state index is -0.924. The van der Waals surface area contributed by atoms with Crippen LogP contribution >= 0.6 is 0 Å². The predicted molar refractivity (Wildman–Crippen MR) is 58.8 cm³/mol. The number of epoxide rings is 1. The highest BCUT2D eigenvalue weighted by Gasteiger charge is 2.55. The summed E-state index contributed by atoms with van der Waals surface area (Å²) in [5.74, 6) is -0.848. The van der Waals surface area contributed by atoms with Crippen LogP contribution < -0.4 is 10.2 Å². The van der Waals surface area contributed by atoms with Crippen molar-refractivity contribution in [3.8, 4) is 0 Å². The SMILES string of the molecule is [CH2-][NH+]1CC(=O)OB(C2CO2)OC(=O)[C@]12CCCN2. The van der Waals surface area contributed by atoms with Gasteiger partial charge < -0.3 is 18.9 Å². The van der Waals surface area contributed by atoms with Gasteiger partial charge in [0.25, 0.3) is 0 Å². The third kappa shape index (κ3) is 1.90. The van der Waals surface area contributed by atoms with Gasteiger partial charge in [-0.05, 0) is 6.42 Å². The Morgan fingerprint density at radius 1 is 1.44 bits per heavy atom. The molecule has 0 amide bonds. The summed E-state index contributed by atoms with van der Waals surface area (Å²) in [7, 11) is 2.92. The first-order valence-electron chi connectivity index (χ1n) is 6.07. The van der Waals surface area contributed by atoms with Crippen molar-refractivity contribution in [2.75, 3.05) is 19.7 Å². The van der Waals surface area contributed by atoms with Crippen molar-refractivity contribution in [2.24, 2.45) is 0 Å².